The molecule has 28 heavy (non-hydrogen) atoms. The van der Waals surface area contributed by atoms with Gasteiger partial charge in [0.15, 0.2) is 5.96 Å². The third kappa shape index (κ3) is 5.01. The highest BCUT2D eigenvalue weighted by atomic mass is 15.2. The standard InChI is InChI=1S/C22H28N6/c1-3-24-22(26-15-20-17(2)8-6-12-25-20)27-19-10-7-13-28(16-19)21-11-5-4-9-18(21)14-23/h4-6,8-9,11-12,19H,3,7,10,13,15-16H2,1-2H3,(H2,24,26,27). The second-order valence-corrected chi connectivity index (χ2v) is 7.02. The van der Waals surface area contributed by atoms with Gasteiger partial charge in [-0.3, -0.25) is 4.98 Å². The Morgan fingerprint density at radius 2 is 2.18 bits per heavy atom. The van der Waals surface area contributed by atoms with E-state index >= 15 is 0 Å². The van der Waals surface area contributed by atoms with Gasteiger partial charge in [-0.2, -0.15) is 5.26 Å². The van der Waals surface area contributed by atoms with E-state index in [0.29, 0.717) is 6.54 Å². The summed E-state index contributed by atoms with van der Waals surface area (Å²) >= 11 is 0. The molecule has 0 saturated carbocycles. The number of nitriles is 1. The summed E-state index contributed by atoms with van der Waals surface area (Å²) in [6.07, 6.45) is 3.97. The number of nitrogens with one attached hydrogen (secondary N) is 2. The fraction of sp³-hybridized carbons (Fsp3) is 0.409. The molecule has 1 saturated heterocycles. The molecule has 1 aromatic heterocycles. The van der Waals surface area contributed by atoms with E-state index in [2.05, 4.69) is 46.5 Å². The number of anilines is 1. The van der Waals surface area contributed by atoms with Gasteiger partial charge < -0.3 is 15.5 Å². The first-order valence-corrected chi connectivity index (χ1v) is 9.90. The number of piperidine rings is 1. The summed E-state index contributed by atoms with van der Waals surface area (Å²) in [6.45, 7) is 7.31. The van der Waals surface area contributed by atoms with E-state index in [1.807, 2.05) is 36.5 Å². The number of guanidine groups is 1. The Kier molecular flexibility index (Phi) is 6.85. The number of aryl methyl sites for hydroxylation is 1. The first kappa shape index (κ1) is 19.7. The maximum Gasteiger partial charge on any atom is 0.191 e. The smallest absolute Gasteiger partial charge is 0.191 e. The van der Waals surface area contributed by atoms with Crippen molar-refractivity contribution in [3.05, 3.63) is 59.4 Å². The summed E-state index contributed by atoms with van der Waals surface area (Å²) in [5.41, 5.74) is 3.89. The second kappa shape index (κ2) is 9.75. The van der Waals surface area contributed by atoms with Crippen LogP contribution in [-0.2, 0) is 6.54 Å². The van der Waals surface area contributed by atoms with Crippen molar-refractivity contribution in [3.8, 4) is 6.07 Å². The Hall–Kier alpha value is -3.07. The number of hydrogen-bond donors (Lipinski definition) is 2. The fourth-order valence-corrected chi connectivity index (χ4v) is 3.51. The van der Waals surface area contributed by atoms with E-state index in [0.717, 1.165) is 60.9 Å². The van der Waals surface area contributed by atoms with Crippen LogP contribution in [0.4, 0.5) is 5.69 Å². The largest absolute Gasteiger partial charge is 0.368 e. The number of pyridine rings is 1. The molecule has 1 fully saturated rings. The highest BCUT2D eigenvalue weighted by Gasteiger charge is 2.22. The quantitative estimate of drug-likeness (QED) is 0.620. The van der Waals surface area contributed by atoms with E-state index in [1.165, 1.54) is 0 Å². The van der Waals surface area contributed by atoms with Crippen LogP contribution in [0.3, 0.4) is 0 Å². The lowest BCUT2D eigenvalue weighted by molar-refractivity contribution is 0.468. The summed E-state index contributed by atoms with van der Waals surface area (Å²) in [5, 5.41) is 16.3. The summed E-state index contributed by atoms with van der Waals surface area (Å²) in [6, 6.07) is 14.4. The topological polar surface area (TPSA) is 76.3 Å². The van der Waals surface area contributed by atoms with Gasteiger partial charge in [0.25, 0.3) is 0 Å². The van der Waals surface area contributed by atoms with Crippen molar-refractivity contribution in [2.75, 3.05) is 24.5 Å². The highest BCUT2D eigenvalue weighted by molar-refractivity contribution is 5.80. The molecule has 0 amide bonds. The maximum absolute atomic E-state index is 9.40. The molecule has 0 spiro atoms. The molecule has 1 aliphatic heterocycles. The van der Waals surface area contributed by atoms with E-state index in [9.17, 15) is 5.26 Å². The predicted molar refractivity (Wildman–Crippen MR) is 113 cm³/mol. The van der Waals surface area contributed by atoms with Gasteiger partial charge in [0.05, 0.1) is 23.5 Å². The molecule has 1 atom stereocenters. The minimum absolute atomic E-state index is 0.281. The molecule has 0 radical (unpaired) electrons. The van der Waals surface area contributed by atoms with Crippen molar-refractivity contribution < 1.29 is 0 Å². The number of rotatable bonds is 5. The van der Waals surface area contributed by atoms with Crippen molar-refractivity contribution in [1.82, 2.24) is 15.6 Å². The zero-order chi connectivity index (χ0) is 19.8. The monoisotopic (exact) mass is 376 g/mol. The molecule has 3 rings (SSSR count). The summed E-state index contributed by atoms with van der Waals surface area (Å²) in [4.78, 5) is 11.5. The van der Waals surface area contributed by atoms with Gasteiger partial charge in [-0.15, -0.1) is 0 Å². The maximum atomic E-state index is 9.40. The molecular weight excluding hydrogens is 348 g/mol. The van der Waals surface area contributed by atoms with Crippen LogP contribution in [0.1, 0.15) is 36.6 Å². The van der Waals surface area contributed by atoms with Gasteiger partial charge in [0.2, 0.25) is 0 Å². The Morgan fingerprint density at radius 3 is 2.96 bits per heavy atom. The third-order valence-corrected chi connectivity index (χ3v) is 4.98. The van der Waals surface area contributed by atoms with Crippen LogP contribution in [0, 0.1) is 18.3 Å². The number of nitrogens with zero attached hydrogens (tertiary/aromatic N) is 4. The van der Waals surface area contributed by atoms with Gasteiger partial charge in [-0.25, -0.2) is 4.99 Å². The number of benzene rings is 1. The molecule has 0 aliphatic carbocycles. The third-order valence-electron chi connectivity index (χ3n) is 4.98. The first-order valence-electron chi connectivity index (χ1n) is 9.90. The number of aromatic nitrogens is 1. The molecule has 2 N–H and O–H groups in total. The predicted octanol–water partition coefficient (Wildman–Crippen LogP) is 2.99. The van der Waals surface area contributed by atoms with Crippen LogP contribution in [0.15, 0.2) is 47.6 Å². The van der Waals surface area contributed by atoms with E-state index in [4.69, 9.17) is 4.99 Å². The lowest BCUT2D eigenvalue weighted by Gasteiger charge is -2.35. The van der Waals surface area contributed by atoms with Crippen molar-refractivity contribution in [1.29, 1.82) is 5.26 Å². The molecule has 6 heteroatoms. The molecule has 1 aromatic carbocycles. The minimum Gasteiger partial charge on any atom is -0.368 e. The van der Waals surface area contributed by atoms with Gasteiger partial charge in [-0.1, -0.05) is 18.2 Å². The number of aliphatic imine (C=N–C) groups is 1. The van der Waals surface area contributed by atoms with Crippen LogP contribution in [-0.4, -0.2) is 36.6 Å². The highest BCUT2D eigenvalue weighted by Crippen LogP contribution is 2.23. The van der Waals surface area contributed by atoms with Crippen LogP contribution in [0.25, 0.3) is 0 Å². The van der Waals surface area contributed by atoms with Gasteiger partial charge in [0, 0.05) is 31.9 Å². The SMILES string of the molecule is CCNC(=NCc1ncccc1C)NC1CCCN(c2ccccc2C#N)C1. The normalized spacial score (nSPS) is 17.1. The Morgan fingerprint density at radius 1 is 1.32 bits per heavy atom. The molecule has 2 aromatic rings. The Labute approximate surface area is 167 Å². The van der Waals surface area contributed by atoms with E-state index in [1.54, 1.807) is 0 Å². The van der Waals surface area contributed by atoms with E-state index in [-0.39, 0.29) is 6.04 Å². The Bertz CT molecular complexity index is 854. The molecule has 1 unspecified atom stereocenters. The molecule has 1 aliphatic rings. The second-order valence-electron chi connectivity index (χ2n) is 7.02. The zero-order valence-corrected chi connectivity index (χ0v) is 16.7. The molecule has 6 nitrogen and oxygen atoms in total. The van der Waals surface area contributed by atoms with Crippen LogP contribution >= 0.6 is 0 Å². The fourth-order valence-electron chi connectivity index (χ4n) is 3.51. The Balaban J connectivity index is 1.68. The summed E-state index contributed by atoms with van der Waals surface area (Å²) in [7, 11) is 0. The van der Waals surface area contributed by atoms with Crippen molar-refractivity contribution in [2.45, 2.75) is 39.3 Å². The van der Waals surface area contributed by atoms with Gasteiger partial charge >= 0.3 is 0 Å². The average molecular weight is 377 g/mol. The molecule has 146 valence electrons. The summed E-state index contributed by atoms with van der Waals surface area (Å²) in [5.74, 6) is 0.813. The molecule has 0 bridgehead atoms. The average Bonchev–Trinajstić information content (AvgIpc) is 2.73. The van der Waals surface area contributed by atoms with Crippen molar-refractivity contribution >= 4 is 11.6 Å². The number of para-hydroxylation sites is 1. The van der Waals surface area contributed by atoms with Gasteiger partial charge in [0.1, 0.15) is 6.07 Å². The van der Waals surface area contributed by atoms with Crippen LogP contribution in [0.2, 0.25) is 0 Å². The lowest BCUT2D eigenvalue weighted by atomic mass is 10.0. The number of hydrogen-bond acceptors (Lipinski definition) is 4. The molecule has 2 heterocycles. The van der Waals surface area contributed by atoms with Crippen molar-refractivity contribution in [2.24, 2.45) is 4.99 Å². The first-order chi connectivity index (χ1) is 13.7. The summed E-state index contributed by atoms with van der Waals surface area (Å²) < 4.78 is 0. The minimum atomic E-state index is 0.281. The van der Waals surface area contributed by atoms with Crippen LogP contribution < -0.4 is 15.5 Å². The molecular formula is C22H28N6. The van der Waals surface area contributed by atoms with E-state index < -0.39 is 0 Å². The zero-order valence-electron chi connectivity index (χ0n) is 16.7. The van der Waals surface area contributed by atoms with Gasteiger partial charge in [-0.05, 0) is 50.5 Å². The van der Waals surface area contributed by atoms with Crippen molar-refractivity contribution in [3.63, 3.8) is 0 Å². The van der Waals surface area contributed by atoms with Crippen LogP contribution in [0.5, 0.6) is 0 Å². The lowest BCUT2D eigenvalue weighted by Crippen LogP contribution is -2.51.